The second kappa shape index (κ2) is 5.75. The minimum absolute atomic E-state index is 0.470. The lowest BCUT2D eigenvalue weighted by molar-refractivity contribution is 0.287. The summed E-state index contributed by atoms with van der Waals surface area (Å²) in [6, 6.07) is 0.470. The van der Waals surface area contributed by atoms with Gasteiger partial charge in [-0.25, -0.2) is 0 Å². The van der Waals surface area contributed by atoms with Gasteiger partial charge in [0.2, 0.25) is 0 Å². The number of rotatable bonds is 5. The summed E-state index contributed by atoms with van der Waals surface area (Å²) < 4.78 is 0. The zero-order chi connectivity index (χ0) is 10.6. The molecule has 0 aromatic heterocycles. The van der Waals surface area contributed by atoms with E-state index in [1.807, 2.05) is 0 Å². The Labute approximate surface area is 89.5 Å². The van der Waals surface area contributed by atoms with Crippen LogP contribution in [0.1, 0.15) is 59.3 Å². The zero-order valence-corrected chi connectivity index (χ0v) is 10.1. The molecule has 0 bridgehead atoms. The minimum Gasteiger partial charge on any atom is -0.327 e. The van der Waals surface area contributed by atoms with Crippen LogP contribution in [0.25, 0.3) is 0 Å². The van der Waals surface area contributed by atoms with Crippen molar-refractivity contribution in [1.82, 2.24) is 0 Å². The van der Waals surface area contributed by atoms with E-state index in [-0.39, 0.29) is 0 Å². The van der Waals surface area contributed by atoms with E-state index in [9.17, 15) is 0 Å². The van der Waals surface area contributed by atoms with Gasteiger partial charge in [-0.1, -0.05) is 46.5 Å². The highest BCUT2D eigenvalue weighted by Crippen LogP contribution is 2.35. The molecule has 0 aromatic carbocycles. The Morgan fingerprint density at radius 2 is 1.86 bits per heavy atom. The largest absolute Gasteiger partial charge is 0.327 e. The number of nitrogens with two attached hydrogens (primary N) is 1. The van der Waals surface area contributed by atoms with Gasteiger partial charge in [-0.15, -0.1) is 0 Å². The summed E-state index contributed by atoms with van der Waals surface area (Å²) in [6.45, 7) is 6.96. The molecule has 1 saturated carbocycles. The quantitative estimate of drug-likeness (QED) is 0.716. The van der Waals surface area contributed by atoms with Gasteiger partial charge in [-0.2, -0.15) is 0 Å². The van der Waals surface area contributed by atoms with Crippen molar-refractivity contribution in [3.05, 3.63) is 0 Å². The Balaban J connectivity index is 2.36. The van der Waals surface area contributed by atoms with E-state index in [1.165, 1.54) is 38.5 Å². The van der Waals surface area contributed by atoms with Gasteiger partial charge in [0, 0.05) is 6.04 Å². The molecule has 1 fully saturated rings. The predicted molar refractivity (Wildman–Crippen MR) is 63.2 cm³/mol. The molecule has 2 N–H and O–H groups in total. The fourth-order valence-corrected chi connectivity index (χ4v) is 2.99. The fraction of sp³-hybridized carbons (Fsp3) is 1.00. The third-order valence-electron chi connectivity index (χ3n) is 4.24. The lowest BCUT2D eigenvalue weighted by Crippen LogP contribution is -2.33. The van der Waals surface area contributed by atoms with E-state index >= 15 is 0 Å². The molecule has 1 aliphatic rings. The summed E-state index contributed by atoms with van der Waals surface area (Å²) in [7, 11) is 0. The van der Waals surface area contributed by atoms with Crippen LogP contribution in [0.2, 0.25) is 0 Å². The van der Waals surface area contributed by atoms with Crippen LogP contribution in [0.3, 0.4) is 0 Å². The Morgan fingerprint density at radius 3 is 2.29 bits per heavy atom. The monoisotopic (exact) mass is 197 g/mol. The summed E-state index contributed by atoms with van der Waals surface area (Å²) in [6.07, 6.45) is 8.03. The standard InChI is InChI=1S/C13H27N/c1-4-11(5-2)9-13(14)12-8-6-7-10(12)3/h10-13H,4-9,14H2,1-3H3. The van der Waals surface area contributed by atoms with Gasteiger partial charge in [-0.3, -0.25) is 0 Å². The van der Waals surface area contributed by atoms with Crippen LogP contribution < -0.4 is 5.73 Å². The summed E-state index contributed by atoms with van der Waals surface area (Å²) >= 11 is 0. The molecule has 1 rings (SSSR count). The summed E-state index contributed by atoms with van der Waals surface area (Å²) in [5.41, 5.74) is 6.32. The average Bonchev–Trinajstić information content (AvgIpc) is 2.60. The molecule has 3 unspecified atom stereocenters. The molecule has 14 heavy (non-hydrogen) atoms. The first-order valence-corrected chi connectivity index (χ1v) is 6.44. The highest BCUT2D eigenvalue weighted by Gasteiger charge is 2.29. The third-order valence-corrected chi connectivity index (χ3v) is 4.24. The first-order valence-electron chi connectivity index (χ1n) is 6.44. The van der Waals surface area contributed by atoms with Crippen LogP contribution in [0.5, 0.6) is 0 Å². The molecular formula is C13H27N. The highest BCUT2D eigenvalue weighted by molar-refractivity contribution is 4.83. The third kappa shape index (κ3) is 2.98. The molecule has 0 radical (unpaired) electrons. The maximum Gasteiger partial charge on any atom is 0.00723 e. The van der Waals surface area contributed by atoms with E-state index in [0.717, 1.165) is 17.8 Å². The molecular weight excluding hydrogens is 170 g/mol. The molecule has 0 aliphatic heterocycles. The lowest BCUT2D eigenvalue weighted by atomic mass is 9.84. The van der Waals surface area contributed by atoms with Gasteiger partial charge >= 0.3 is 0 Å². The van der Waals surface area contributed by atoms with Crippen LogP contribution in [-0.2, 0) is 0 Å². The molecule has 0 saturated heterocycles. The van der Waals surface area contributed by atoms with Crippen LogP contribution in [-0.4, -0.2) is 6.04 Å². The van der Waals surface area contributed by atoms with Crippen molar-refractivity contribution in [2.75, 3.05) is 0 Å². The fourth-order valence-electron chi connectivity index (χ4n) is 2.99. The average molecular weight is 197 g/mol. The van der Waals surface area contributed by atoms with Crippen molar-refractivity contribution in [3.63, 3.8) is 0 Å². The van der Waals surface area contributed by atoms with Crippen molar-refractivity contribution in [2.24, 2.45) is 23.5 Å². The summed E-state index contributed by atoms with van der Waals surface area (Å²) in [5.74, 6) is 2.55. The van der Waals surface area contributed by atoms with Crippen LogP contribution in [0.15, 0.2) is 0 Å². The molecule has 1 aliphatic carbocycles. The Bertz CT molecular complexity index is 151. The van der Waals surface area contributed by atoms with E-state index in [0.29, 0.717) is 6.04 Å². The lowest BCUT2D eigenvalue weighted by Gasteiger charge is -2.26. The maximum absolute atomic E-state index is 6.32. The second-order valence-electron chi connectivity index (χ2n) is 5.15. The van der Waals surface area contributed by atoms with Crippen molar-refractivity contribution in [2.45, 2.75) is 65.3 Å². The summed E-state index contributed by atoms with van der Waals surface area (Å²) in [4.78, 5) is 0. The molecule has 84 valence electrons. The first kappa shape index (κ1) is 12.0. The topological polar surface area (TPSA) is 26.0 Å². The Kier molecular flexibility index (Phi) is 4.94. The van der Waals surface area contributed by atoms with Gasteiger partial charge in [0.05, 0.1) is 0 Å². The summed E-state index contributed by atoms with van der Waals surface area (Å²) in [5, 5.41) is 0. The predicted octanol–water partition coefficient (Wildman–Crippen LogP) is 3.58. The molecule has 1 nitrogen and oxygen atoms in total. The van der Waals surface area contributed by atoms with Crippen molar-refractivity contribution >= 4 is 0 Å². The molecule has 0 heterocycles. The van der Waals surface area contributed by atoms with Crippen molar-refractivity contribution in [1.29, 1.82) is 0 Å². The van der Waals surface area contributed by atoms with Crippen LogP contribution >= 0.6 is 0 Å². The number of hydrogen-bond donors (Lipinski definition) is 1. The second-order valence-corrected chi connectivity index (χ2v) is 5.15. The van der Waals surface area contributed by atoms with Crippen LogP contribution in [0, 0.1) is 17.8 Å². The van der Waals surface area contributed by atoms with Crippen molar-refractivity contribution < 1.29 is 0 Å². The Hall–Kier alpha value is -0.0400. The highest BCUT2D eigenvalue weighted by atomic mass is 14.7. The SMILES string of the molecule is CCC(CC)CC(N)C1CCCC1C. The van der Waals surface area contributed by atoms with Gasteiger partial charge < -0.3 is 5.73 Å². The van der Waals surface area contributed by atoms with E-state index in [4.69, 9.17) is 5.73 Å². The van der Waals surface area contributed by atoms with Gasteiger partial charge in [0.1, 0.15) is 0 Å². The minimum atomic E-state index is 0.470. The van der Waals surface area contributed by atoms with Gasteiger partial charge in [-0.05, 0) is 30.6 Å². The molecule has 1 heteroatoms. The normalized spacial score (nSPS) is 29.8. The maximum atomic E-state index is 6.32. The van der Waals surface area contributed by atoms with E-state index in [2.05, 4.69) is 20.8 Å². The molecule has 0 aromatic rings. The van der Waals surface area contributed by atoms with E-state index < -0.39 is 0 Å². The Morgan fingerprint density at radius 1 is 1.21 bits per heavy atom. The van der Waals surface area contributed by atoms with Crippen molar-refractivity contribution in [3.8, 4) is 0 Å². The van der Waals surface area contributed by atoms with Gasteiger partial charge in [0.25, 0.3) is 0 Å². The zero-order valence-electron chi connectivity index (χ0n) is 10.1. The van der Waals surface area contributed by atoms with E-state index in [1.54, 1.807) is 0 Å². The molecule has 3 atom stereocenters. The molecule has 0 amide bonds. The molecule has 0 spiro atoms. The van der Waals surface area contributed by atoms with Gasteiger partial charge in [0.15, 0.2) is 0 Å². The number of hydrogen-bond acceptors (Lipinski definition) is 1. The smallest absolute Gasteiger partial charge is 0.00723 e. The first-order chi connectivity index (χ1) is 6.69. The van der Waals surface area contributed by atoms with Crippen LogP contribution in [0.4, 0.5) is 0 Å².